The Morgan fingerprint density at radius 1 is 1.14 bits per heavy atom. The molecular weight excluding hydrogens is 292 g/mol. The largest absolute Gasteiger partial charge is 0.332 e. The Morgan fingerprint density at radius 3 is 2.38 bits per heavy atom. The molecule has 7 heteroatoms. The maximum absolute atomic E-state index is 12.4. The summed E-state index contributed by atoms with van der Waals surface area (Å²) in [5, 5.41) is 0. The van der Waals surface area contributed by atoms with Crippen molar-refractivity contribution in [3.05, 3.63) is 29.8 Å². The fraction of sp³-hybridized carbons (Fsp3) is 0.429. The molecule has 112 valence electrons. The molecule has 2 saturated heterocycles. The maximum atomic E-state index is 12.4. The van der Waals surface area contributed by atoms with Crippen molar-refractivity contribution in [2.24, 2.45) is 0 Å². The van der Waals surface area contributed by atoms with Crippen molar-refractivity contribution in [2.75, 3.05) is 23.0 Å². The summed E-state index contributed by atoms with van der Waals surface area (Å²) in [7, 11) is -3.09. The van der Waals surface area contributed by atoms with E-state index >= 15 is 0 Å². The number of rotatable bonds is 2. The molecule has 3 rings (SSSR count). The molecular formula is C14H16N2O4S. The molecule has 21 heavy (non-hydrogen) atoms. The summed E-state index contributed by atoms with van der Waals surface area (Å²) >= 11 is 0. The minimum Gasteiger partial charge on any atom is -0.311 e. The Bertz CT molecular complexity index is 696. The first kappa shape index (κ1) is 14.1. The Hall–Kier alpha value is -1.89. The highest BCUT2D eigenvalue weighted by molar-refractivity contribution is 7.91. The van der Waals surface area contributed by atoms with Crippen molar-refractivity contribution in [2.45, 2.75) is 19.4 Å². The van der Waals surface area contributed by atoms with Crippen molar-refractivity contribution in [3.63, 3.8) is 0 Å². The molecule has 6 nitrogen and oxygen atoms in total. The second-order valence-corrected chi connectivity index (χ2v) is 7.76. The average Bonchev–Trinajstić information content (AvgIpc) is 2.91. The van der Waals surface area contributed by atoms with Gasteiger partial charge >= 0.3 is 6.03 Å². The molecule has 1 unspecified atom stereocenters. The van der Waals surface area contributed by atoms with E-state index in [-0.39, 0.29) is 30.0 Å². The third kappa shape index (κ3) is 2.53. The number of hydrogen-bond acceptors (Lipinski definition) is 4. The molecule has 2 aliphatic rings. The second-order valence-electron chi connectivity index (χ2n) is 5.53. The zero-order chi connectivity index (χ0) is 15.2. The lowest BCUT2D eigenvalue weighted by atomic mass is 10.2. The number of urea groups is 1. The van der Waals surface area contributed by atoms with Gasteiger partial charge in [-0.05, 0) is 25.5 Å². The number of imide groups is 1. The topological polar surface area (TPSA) is 74.8 Å². The molecule has 2 heterocycles. The second kappa shape index (κ2) is 4.84. The Labute approximate surface area is 123 Å². The van der Waals surface area contributed by atoms with Crippen LogP contribution in [0.3, 0.4) is 0 Å². The van der Waals surface area contributed by atoms with Crippen LogP contribution in [0.5, 0.6) is 0 Å². The van der Waals surface area contributed by atoms with E-state index in [4.69, 9.17) is 0 Å². The van der Waals surface area contributed by atoms with Gasteiger partial charge in [-0.1, -0.05) is 17.7 Å². The van der Waals surface area contributed by atoms with Gasteiger partial charge in [0.05, 0.1) is 17.2 Å². The molecule has 0 saturated carbocycles. The first-order valence-corrected chi connectivity index (χ1v) is 8.60. The minimum absolute atomic E-state index is 0.0479. The van der Waals surface area contributed by atoms with Crippen LogP contribution in [0, 0.1) is 6.92 Å². The first-order valence-electron chi connectivity index (χ1n) is 6.78. The van der Waals surface area contributed by atoms with Crippen molar-refractivity contribution in [3.8, 4) is 0 Å². The number of nitrogens with zero attached hydrogens (tertiary/aromatic N) is 2. The van der Waals surface area contributed by atoms with Gasteiger partial charge in [0.15, 0.2) is 9.84 Å². The minimum atomic E-state index is -3.09. The van der Waals surface area contributed by atoms with E-state index < -0.39 is 15.9 Å². The van der Waals surface area contributed by atoms with E-state index in [2.05, 4.69) is 0 Å². The number of aryl methyl sites for hydroxylation is 1. The number of carbonyl (C=O) groups excluding carboxylic acids is 2. The Morgan fingerprint density at radius 2 is 1.81 bits per heavy atom. The summed E-state index contributed by atoms with van der Waals surface area (Å²) < 4.78 is 23.1. The molecule has 2 aliphatic heterocycles. The van der Waals surface area contributed by atoms with Gasteiger partial charge in [-0.15, -0.1) is 0 Å². The van der Waals surface area contributed by atoms with Crippen LogP contribution in [0.15, 0.2) is 24.3 Å². The summed E-state index contributed by atoms with van der Waals surface area (Å²) in [6, 6.07) is 6.30. The highest BCUT2D eigenvalue weighted by atomic mass is 32.2. The summed E-state index contributed by atoms with van der Waals surface area (Å²) in [5.74, 6) is -0.276. The lowest BCUT2D eigenvalue weighted by molar-refractivity contribution is -0.116. The molecule has 1 aromatic rings. The van der Waals surface area contributed by atoms with E-state index in [0.717, 1.165) is 10.5 Å². The summed E-state index contributed by atoms with van der Waals surface area (Å²) in [6.07, 6.45) is 0.406. The quantitative estimate of drug-likeness (QED) is 0.762. The standard InChI is InChI=1S/C14H16N2O4S/c1-10-2-4-11(5-3-10)16-13(17)8-15(14(16)18)12-6-7-21(19,20)9-12/h2-5,12H,6-9H2,1H3. The van der Waals surface area contributed by atoms with Crippen LogP contribution in [-0.4, -0.2) is 49.3 Å². The van der Waals surface area contributed by atoms with Crippen molar-refractivity contribution >= 4 is 27.5 Å². The van der Waals surface area contributed by atoms with Gasteiger partial charge in [-0.3, -0.25) is 4.79 Å². The van der Waals surface area contributed by atoms with Gasteiger partial charge in [0.2, 0.25) is 0 Å². The van der Waals surface area contributed by atoms with Gasteiger partial charge < -0.3 is 4.90 Å². The smallest absolute Gasteiger partial charge is 0.311 e. The SMILES string of the molecule is Cc1ccc(N2C(=O)CN(C3CCS(=O)(=O)C3)C2=O)cc1. The van der Waals surface area contributed by atoms with Crippen LogP contribution >= 0.6 is 0 Å². The van der Waals surface area contributed by atoms with E-state index in [1.54, 1.807) is 12.1 Å². The molecule has 1 atom stereocenters. The highest BCUT2D eigenvalue weighted by Gasteiger charge is 2.44. The summed E-state index contributed by atoms with van der Waals surface area (Å²) in [4.78, 5) is 27.1. The van der Waals surface area contributed by atoms with Crippen LogP contribution in [0.2, 0.25) is 0 Å². The average molecular weight is 308 g/mol. The summed E-state index contributed by atoms with van der Waals surface area (Å²) in [6.45, 7) is 1.87. The molecule has 0 aromatic heterocycles. The predicted molar refractivity (Wildman–Crippen MR) is 77.8 cm³/mol. The van der Waals surface area contributed by atoms with Crippen LogP contribution in [0.1, 0.15) is 12.0 Å². The third-order valence-corrected chi connectivity index (χ3v) is 5.68. The van der Waals surface area contributed by atoms with Gasteiger partial charge in [-0.25, -0.2) is 18.1 Å². The van der Waals surface area contributed by atoms with Crippen molar-refractivity contribution in [1.82, 2.24) is 4.90 Å². The Kier molecular flexibility index (Phi) is 3.24. The van der Waals surface area contributed by atoms with E-state index in [1.165, 1.54) is 4.90 Å². The molecule has 0 N–H and O–H groups in total. The molecule has 0 spiro atoms. The fourth-order valence-electron chi connectivity index (χ4n) is 2.77. The number of amides is 3. The van der Waals surface area contributed by atoms with Gasteiger partial charge in [0.25, 0.3) is 5.91 Å². The van der Waals surface area contributed by atoms with Gasteiger partial charge in [0.1, 0.15) is 6.54 Å². The highest BCUT2D eigenvalue weighted by Crippen LogP contribution is 2.26. The summed E-state index contributed by atoms with van der Waals surface area (Å²) in [5.41, 5.74) is 1.57. The number of carbonyl (C=O) groups is 2. The van der Waals surface area contributed by atoms with Crippen LogP contribution in [-0.2, 0) is 14.6 Å². The lowest BCUT2D eigenvalue weighted by Crippen LogP contribution is -2.40. The first-order chi connectivity index (χ1) is 9.87. The Balaban J connectivity index is 1.84. The number of sulfone groups is 1. The third-order valence-electron chi connectivity index (χ3n) is 3.93. The fourth-order valence-corrected chi connectivity index (χ4v) is 4.50. The van der Waals surface area contributed by atoms with Crippen molar-refractivity contribution < 1.29 is 18.0 Å². The molecule has 1 aromatic carbocycles. The van der Waals surface area contributed by atoms with Crippen LogP contribution in [0.25, 0.3) is 0 Å². The number of anilines is 1. The number of hydrogen-bond donors (Lipinski definition) is 0. The van der Waals surface area contributed by atoms with Crippen LogP contribution < -0.4 is 4.90 Å². The van der Waals surface area contributed by atoms with Crippen molar-refractivity contribution in [1.29, 1.82) is 0 Å². The van der Waals surface area contributed by atoms with E-state index in [0.29, 0.717) is 12.1 Å². The molecule has 0 radical (unpaired) electrons. The molecule has 3 amide bonds. The zero-order valence-electron chi connectivity index (χ0n) is 11.7. The maximum Gasteiger partial charge on any atom is 0.332 e. The van der Waals surface area contributed by atoms with E-state index in [9.17, 15) is 18.0 Å². The predicted octanol–water partition coefficient (Wildman–Crippen LogP) is 0.951. The monoisotopic (exact) mass is 308 g/mol. The zero-order valence-corrected chi connectivity index (χ0v) is 12.5. The van der Waals surface area contributed by atoms with Crippen LogP contribution in [0.4, 0.5) is 10.5 Å². The van der Waals surface area contributed by atoms with Gasteiger partial charge in [-0.2, -0.15) is 0 Å². The molecule has 0 bridgehead atoms. The molecule has 0 aliphatic carbocycles. The van der Waals surface area contributed by atoms with Gasteiger partial charge in [0, 0.05) is 6.04 Å². The lowest BCUT2D eigenvalue weighted by Gasteiger charge is -2.22. The normalized spacial score (nSPS) is 24.9. The van der Waals surface area contributed by atoms with E-state index in [1.807, 2.05) is 19.1 Å². The molecule has 2 fully saturated rings. The number of benzene rings is 1.